The number of para-hydroxylation sites is 1. The van der Waals surface area contributed by atoms with Crippen LogP contribution in [0.2, 0.25) is 0 Å². The largest absolute Gasteiger partial charge is 0.333 e. The maximum absolute atomic E-state index is 12.4. The maximum Gasteiger partial charge on any atom is 0.333 e. The van der Waals surface area contributed by atoms with Crippen LogP contribution in [0.25, 0.3) is 16.7 Å². The average Bonchev–Trinajstić information content (AvgIpc) is 2.82. The molecule has 0 aliphatic heterocycles. The molecule has 0 bridgehead atoms. The highest BCUT2D eigenvalue weighted by molar-refractivity contribution is 5.84. The Morgan fingerprint density at radius 2 is 1.91 bits per heavy atom. The van der Waals surface area contributed by atoms with E-state index >= 15 is 0 Å². The zero-order valence-corrected chi connectivity index (χ0v) is 13.2. The number of aryl methyl sites for hydroxylation is 2. The third-order valence-electron chi connectivity index (χ3n) is 3.35. The second-order valence-corrected chi connectivity index (χ2v) is 4.62. The highest BCUT2D eigenvalue weighted by Gasteiger charge is 2.15. The molecule has 0 radical (unpaired) electrons. The highest BCUT2D eigenvalue weighted by Crippen LogP contribution is 2.20. The van der Waals surface area contributed by atoms with Crippen molar-refractivity contribution in [2.45, 2.75) is 20.8 Å². The van der Waals surface area contributed by atoms with Crippen LogP contribution in [0.4, 0.5) is 0 Å². The molecule has 3 aromatic rings. The van der Waals surface area contributed by atoms with Gasteiger partial charge in [-0.1, -0.05) is 19.9 Å². The van der Waals surface area contributed by atoms with Crippen LogP contribution in [0.5, 0.6) is 0 Å². The van der Waals surface area contributed by atoms with E-state index in [0.717, 1.165) is 11.2 Å². The molecule has 0 saturated heterocycles. The lowest BCUT2D eigenvalue weighted by atomic mass is 10.2. The summed E-state index contributed by atoms with van der Waals surface area (Å²) in [7, 11) is 1.70. The summed E-state index contributed by atoms with van der Waals surface area (Å²) < 4.78 is 3.07. The fourth-order valence-electron chi connectivity index (χ4n) is 2.31. The molecule has 1 aromatic carbocycles. The molecule has 0 aliphatic rings. The predicted octanol–water partition coefficient (Wildman–Crippen LogP) is 2.93. The molecule has 0 atom stereocenters. The fourth-order valence-corrected chi connectivity index (χ4v) is 2.31. The van der Waals surface area contributed by atoms with Crippen molar-refractivity contribution in [3.63, 3.8) is 0 Å². The number of hydrogen-bond acceptors (Lipinski definition) is 3. The van der Waals surface area contributed by atoms with Crippen LogP contribution >= 0.6 is 0 Å². The van der Waals surface area contributed by atoms with E-state index in [4.69, 9.17) is 0 Å². The molecule has 0 spiro atoms. The zero-order chi connectivity index (χ0) is 16.3. The first-order valence-electron chi connectivity index (χ1n) is 7.17. The van der Waals surface area contributed by atoms with Gasteiger partial charge in [-0.3, -0.25) is 14.1 Å². The summed E-state index contributed by atoms with van der Waals surface area (Å²) in [5, 5.41) is 9.26. The molecule has 0 fully saturated rings. The Morgan fingerprint density at radius 3 is 2.50 bits per heavy atom. The van der Waals surface area contributed by atoms with Gasteiger partial charge in [-0.2, -0.15) is 5.26 Å². The van der Waals surface area contributed by atoms with E-state index in [2.05, 4.69) is 11.1 Å². The standard InChI is InChI=1S/C15H12N4O.C2H6/c1-10-6-7-12(9-17-10)19-14-11(8-16)4-3-5-13(14)18(2)15(19)20;1-2/h3-7,9H,1-2H3;1-2H3. The summed E-state index contributed by atoms with van der Waals surface area (Å²) in [5.41, 5.74) is 3.17. The van der Waals surface area contributed by atoms with Gasteiger partial charge in [0.15, 0.2) is 0 Å². The lowest BCUT2D eigenvalue weighted by Gasteiger charge is -2.04. The monoisotopic (exact) mass is 294 g/mol. The Hall–Kier alpha value is -2.87. The molecule has 22 heavy (non-hydrogen) atoms. The number of aromatic nitrogens is 3. The number of pyridine rings is 1. The van der Waals surface area contributed by atoms with Gasteiger partial charge in [0.25, 0.3) is 0 Å². The van der Waals surface area contributed by atoms with E-state index in [1.54, 1.807) is 25.4 Å². The number of fused-ring (bicyclic) bond motifs is 1. The van der Waals surface area contributed by atoms with Gasteiger partial charge in [-0.15, -0.1) is 0 Å². The van der Waals surface area contributed by atoms with Gasteiger partial charge in [-0.25, -0.2) is 4.79 Å². The van der Waals surface area contributed by atoms with Gasteiger partial charge in [0.1, 0.15) is 6.07 Å². The lowest BCUT2D eigenvalue weighted by Crippen LogP contribution is -2.21. The summed E-state index contributed by atoms with van der Waals surface area (Å²) in [6.07, 6.45) is 1.64. The summed E-state index contributed by atoms with van der Waals surface area (Å²) in [6.45, 7) is 5.89. The summed E-state index contributed by atoms with van der Waals surface area (Å²) >= 11 is 0. The molecule has 0 unspecified atom stereocenters. The number of hydrogen-bond donors (Lipinski definition) is 0. The normalized spacial score (nSPS) is 9.95. The van der Waals surface area contributed by atoms with Crippen LogP contribution in [0.3, 0.4) is 0 Å². The topological polar surface area (TPSA) is 63.6 Å². The van der Waals surface area contributed by atoms with Crippen molar-refractivity contribution in [1.82, 2.24) is 14.1 Å². The van der Waals surface area contributed by atoms with Gasteiger partial charge < -0.3 is 0 Å². The zero-order valence-electron chi connectivity index (χ0n) is 13.2. The van der Waals surface area contributed by atoms with Crippen molar-refractivity contribution in [2.75, 3.05) is 0 Å². The van der Waals surface area contributed by atoms with Crippen LogP contribution in [0.1, 0.15) is 25.1 Å². The molecule has 0 amide bonds. The minimum Gasteiger partial charge on any atom is -0.295 e. The third-order valence-corrected chi connectivity index (χ3v) is 3.35. The summed E-state index contributed by atoms with van der Waals surface area (Å²) in [5.74, 6) is 0. The van der Waals surface area contributed by atoms with Crippen LogP contribution in [0.15, 0.2) is 41.3 Å². The first kappa shape index (κ1) is 15.5. The number of rotatable bonds is 1. The number of nitriles is 1. The molecule has 112 valence electrons. The van der Waals surface area contributed by atoms with Gasteiger partial charge >= 0.3 is 5.69 Å². The second-order valence-electron chi connectivity index (χ2n) is 4.62. The van der Waals surface area contributed by atoms with Crippen LogP contribution in [-0.2, 0) is 7.05 Å². The number of nitrogens with zero attached hydrogens (tertiary/aromatic N) is 4. The maximum atomic E-state index is 12.4. The highest BCUT2D eigenvalue weighted by atomic mass is 16.1. The SMILES string of the molecule is CC.Cc1ccc(-n2c(=O)n(C)c3cccc(C#N)c32)cn1. The Balaban J connectivity index is 0.000000847. The minimum absolute atomic E-state index is 0.187. The molecular weight excluding hydrogens is 276 g/mol. The molecule has 5 heteroatoms. The van der Waals surface area contributed by atoms with Crippen LogP contribution in [-0.4, -0.2) is 14.1 Å². The molecule has 0 N–H and O–H groups in total. The van der Waals surface area contributed by atoms with Crippen LogP contribution < -0.4 is 5.69 Å². The fraction of sp³-hybridized carbons (Fsp3) is 0.235. The van der Waals surface area contributed by atoms with Crippen molar-refractivity contribution in [1.29, 1.82) is 5.26 Å². The van der Waals surface area contributed by atoms with Gasteiger partial charge in [0, 0.05) is 12.7 Å². The van der Waals surface area contributed by atoms with E-state index in [-0.39, 0.29) is 5.69 Å². The Bertz CT molecular complexity index is 895. The van der Waals surface area contributed by atoms with Gasteiger partial charge in [0.2, 0.25) is 0 Å². The molecular formula is C17H18N4O. The van der Waals surface area contributed by atoms with E-state index in [1.807, 2.05) is 39.0 Å². The summed E-state index contributed by atoms with van der Waals surface area (Å²) in [4.78, 5) is 16.6. The molecule has 0 saturated carbocycles. The Labute approximate surface area is 129 Å². The van der Waals surface area contributed by atoms with Gasteiger partial charge in [-0.05, 0) is 31.2 Å². The molecule has 5 nitrogen and oxygen atoms in total. The van der Waals surface area contributed by atoms with Crippen molar-refractivity contribution < 1.29 is 0 Å². The van der Waals surface area contributed by atoms with Gasteiger partial charge in [0.05, 0.1) is 28.5 Å². The molecule has 0 aliphatic carbocycles. The third kappa shape index (κ3) is 2.40. The first-order chi connectivity index (χ1) is 10.6. The smallest absolute Gasteiger partial charge is 0.295 e. The second kappa shape index (κ2) is 6.27. The van der Waals surface area contributed by atoms with E-state index in [0.29, 0.717) is 16.8 Å². The van der Waals surface area contributed by atoms with Crippen molar-refractivity contribution in [3.8, 4) is 11.8 Å². The molecule has 3 rings (SSSR count). The average molecular weight is 294 g/mol. The van der Waals surface area contributed by atoms with Crippen molar-refractivity contribution in [3.05, 3.63) is 58.3 Å². The lowest BCUT2D eigenvalue weighted by molar-refractivity contribution is 0.843. The Morgan fingerprint density at radius 1 is 1.18 bits per heavy atom. The van der Waals surface area contributed by atoms with E-state index < -0.39 is 0 Å². The summed E-state index contributed by atoms with van der Waals surface area (Å²) in [6, 6.07) is 11.1. The first-order valence-corrected chi connectivity index (χ1v) is 7.17. The van der Waals surface area contributed by atoms with E-state index in [9.17, 15) is 10.1 Å². The molecule has 2 aromatic heterocycles. The minimum atomic E-state index is -0.187. The van der Waals surface area contributed by atoms with Crippen LogP contribution in [0, 0.1) is 18.3 Å². The van der Waals surface area contributed by atoms with Crippen molar-refractivity contribution in [2.24, 2.45) is 7.05 Å². The van der Waals surface area contributed by atoms with E-state index in [1.165, 1.54) is 9.13 Å². The number of imidazole rings is 1. The quantitative estimate of drug-likeness (QED) is 0.693. The Kier molecular flexibility index (Phi) is 4.42. The number of benzene rings is 1. The molecule has 2 heterocycles. The predicted molar refractivity (Wildman–Crippen MR) is 87.1 cm³/mol. The van der Waals surface area contributed by atoms with Crippen molar-refractivity contribution >= 4 is 11.0 Å².